The third kappa shape index (κ3) is 4.14. The van der Waals surface area contributed by atoms with Gasteiger partial charge in [0.2, 0.25) is 0 Å². The monoisotopic (exact) mass is 520 g/mol. The Hall–Kier alpha value is -2.22. The topological polar surface area (TPSA) is 83.5 Å². The van der Waals surface area contributed by atoms with E-state index in [9.17, 15) is 9.59 Å². The van der Waals surface area contributed by atoms with Gasteiger partial charge in [0.25, 0.3) is 11.8 Å². The highest BCUT2D eigenvalue weighted by Gasteiger charge is 2.48. The number of benzene rings is 1. The molecule has 2 aromatic rings. The van der Waals surface area contributed by atoms with E-state index in [1.807, 2.05) is 6.07 Å². The van der Waals surface area contributed by atoms with E-state index in [0.717, 1.165) is 5.69 Å². The molecule has 4 rings (SSSR count). The Balaban J connectivity index is 1.61. The Bertz CT molecular complexity index is 1150. The molecule has 2 amide bonds. The maximum absolute atomic E-state index is 13.3. The van der Waals surface area contributed by atoms with E-state index in [4.69, 9.17) is 23.2 Å². The Morgan fingerprint density at radius 1 is 1.19 bits per heavy atom. The van der Waals surface area contributed by atoms with Crippen molar-refractivity contribution in [2.75, 3.05) is 12.4 Å². The van der Waals surface area contributed by atoms with E-state index >= 15 is 0 Å². The van der Waals surface area contributed by atoms with E-state index in [-0.39, 0.29) is 29.7 Å². The summed E-state index contributed by atoms with van der Waals surface area (Å²) >= 11 is 15.9. The Morgan fingerprint density at radius 2 is 1.97 bits per heavy atom. The van der Waals surface area contributed by atoms with Crippen molar-refractivity contribution in [3.05, 3.63) is 69.0 Å². The summed E-state index contributed by atoms with van der Waals surface area (Å²) in [5.74, 6) is -0.613. The fourth-order valence-corrected chi connectivity index (χ4v) is 5.15. The molecular formula is C22H19BrCl2N4O2. The molecule has 2 aliphatic rings. The molecule has 6 nitrogen and oxygen atoms in total. The highest BCUT2D eigenvalue weighted by molar-refractivity contribution is 9.18. The van der Waals surface area contributed by atoms with E-state index in [1.54, 1.807) is 37.4 Å². The van der Waals surface area contributed by atoms with Crippen molar-refractivity contribution in [3.8, 4) is 0 Å². The van der Waals surface area contributed by atoms with Gasteiger partial charge >= 0.3 is 0 Å². The molecule has 1 saturated carbocycles. The van der Waals surface area contributed by atoms with Gasteiger partial charge in [0.05, 0.1) is 28.0 Å². The van der Waals surface area contributed by atoms with Crippen LogP contribution < -0.4 is 10.6 Å². The van der Waals surface area contributed by atoms with Crippen LogP contribution in [-0.4, -0.2) is 34.5 Å². The Labute approximate surface area is 198 Å². The molecule has 1 unspecified atom stereocenters. The van der Waals surface area contributed by atoms with Crippen LogP contribution in [0.5, 0.6) is 0 Å². The maximum Gasteiger partial charge on any atom is 0.253 e. The second-order valence-electron chi connectivity index (χ2n) is 7.54. The highest BCUT2D eigenvalue weighted by Crippen LogP contribution is 2.50. The molecule has 1 aromatic heterocycles. The van der Waals surface area contributed by atoms with Crippen LogP contribution in [0.3, 0.4) is 0 Å². The third-order valence-electron chi connectivity index (χ3n) is 5.69. The number of allylic oxidation sites excluding steroid dienone is 1. The van der Waals surface area contributed by atoms with Crippen molar-refractivity contribution in [3.63, 3.8) is 0 Å². The number of hydrogen-bond acceptors (Lipinski definition) is 4. The number of amides is 2. The zero-order chi connectivity index (χ0) is 22.3. The van der Waals surface area contributed by atoms with Crippen LogP contribution in [0.1, 0.15) is 34.0 Å². The van der Waals surface area contributed by atoms with Crippen molar-refractivity contribution in [2.24, 2.45) is 10.9 Å². The van der Waals surface area contributed by atoms with E-state index in [1.165, 1.54) is 7.05 Å². The number of anilines is 1. The summed E-state index contributed by atoms with van der Waals surface area (Å²) in [5, 5.41) is 6.53. The molecule has 2 heterocycles. The number of hydrogen-bond donors (Lipinski definition) is 2. The molecule has 1 aromatic carbocycles. The molecule has 1 fully saturated rings. The smallest absolute Gasteiger partial charge is 0.253 e. The minimum atomic E-state index is -0.326. The number of aliphatic imine (C=N–C) groups is 1. The predicted molar refractivity (Wildman–Crippen MR) is 127 cm³/mol. The average Bonchev–Trinajstić information content (AvgIpc) is 2.72. The predicted octanol–water partition coefficient (Wildman–Crippen LogP) is 4.90. The lowest BCUT2D eigenvalue weighted by Crippen LogP contribution is -2.45. The number of dihydropyridines is 1. The van der Waals surface area contributed by atoms with Crippen molar-refractivity contribution in [1.82, 2.24) is 10.3 Å². The number of halogens is 3. The van der Waals surface area contributed by atoms with Crippen LogP contribution >= 0.6 is 39.1 Å². The minimum Gasteiger partial charge on any atom is -0.355 e. The summed E-state index contributed by atoms with van der Waals surface area (Å²) in [6.07, 6.45) is 4.16. The quantitative estimate of drug-likeness (QED) is 0.600. The zero-order valence-electron chi connectivity index (χ0n) is 16.7. The second-order valence-corrected chi connectivity index (χ2v) is 9.20. The number of carbonyl (C=O) groups excluding carboxylic acids is 2. The molecule has 0 spiro atoms. The summed E-state index contributed by atoms with van der Waals surface area (Å²) in [6.45, 7) is 1.80. The van der Waals surface area contributed by atoms with Gasteiger partial charge in [-0.25, -0.2) is 0 Å². The lowest BCUT2D eigenvalue weighted by molar-refractivity contribution is -0.113. The van der Waals surface area contributed by atoms with Gasteiger partial charge in [-0.15, -0.1) is 0 Å². The Kier molecular flexibility index (Phi) is 6.19. The molecule has 3 atom stereocenters. The number of nitrogens with one attached hydrogen (secondary N) is 2. The number of fused-ring (bicyclic) bond motifs is 1. The largest absolute Gasteiger partial charge is 0.355 e. The highest BCUT2D eigenvalue weighted by atomic mass is 79.9. The number of carbonyl (C=O) groups is 2. The van der Waals surface area contributed by atoms with Gasteiger partial charge in [0.15, 0.2) is 0 Å². The van der Waals surface area contributed by atoms with Crippen LogP contribution in [0.25, 0.3) is 0 Å². The number of rotatable bonds is 4. The van der Waals surface area contributed by atoms with Gasteiger partial charge in [-0.2, -0.15) is 0 Å². The fourth-order valence-electron chi connectivity index (χ4n) is 4.13. The third-order valence-corrected chi connectivity index (χ3v) is 6.66. The summed E-state index contributed by atoms with van der Waals surface area (Å²) in [7, 11) is 1.53. The molecule has 1 aliphatic carbocycles. The van der Waals surface area contributed by atoms with Crippen LogP contribution in [0.4, 0.5) is 5.69 Å². The van der Waals surface area contributed by atoms with Gasteiger partial charge in [-0.3, -0.25) is 19.6 Å². The molecular weight excluding hydrogens is 503 g/mol. The molecule has 31 heavy (non-hydrogen) atoms. The van der Waals surface area contributed by atoms with Crippen LogP contribution in [0.15, 0.2) is 47.1 Å². The summed E-state index contributed by atoms with van der Waals surface area (Å²) in [6, 6.07) is 6.73. The van der Waals surface area contributed by atoms with Gasteiger partial charge < -0.3 is 10.6 Å². The number of aryl methyl sites for hydroxylation is 1. The van der Waals surface area contributed by atoms with E-state index < -0.39 is 0 Å². The van der Waals surface area contributed by atoms with E-state index in [0.29, 0.717) is 43.5 Å². The minimum absolute atomic E-state index is 0.0430. The number of aromatic nitrogens is 1. The Morgan fingerprint density at radius 3 is 2.68 bits per heavy atom. The van der Waals surface area contributed by atoms with Gasteiger partial charge in [-0.1, -0.05) is 23.2 Å². The molecule has 160 valence electrons. The van der Waals surface area contributed by atoms with Crippen LogP contribution in [0, 0.1) is 12.8 Å². The average molecular weight is 522 g/mol. The molecule has 2 N–H and O–H groups in total. The normalized spacial score (nSPS) is 21.9. The lowest BCUT2D eigenvalue weighted by Gasteiger charge is -2.44. The summed E-state index contributed by atoms with van der Waals surface area (Å²) < 4.78 is 0.593. The van der Waals surface area contributed by atoms with Gasteiger partial charge in [0, 0.05) is 35.7 Å². The van der Waals surface area contributed by atoms with Gasteiger partial charge in [0.1, 0.15) is 4.62 Å². The first-order valence-electron chi connectivity index (χ1n) is 9.69. The molecule has 1 aliphatic heterocycles. The first kappa shape index (κ1) is 22.0. The van der Waals surface area contributed by atoms with Crippen molar-refractivity contribution in [2.45, 2.75) is 25.3 Å². The zero-order valence-corrected chi connectivity index (χ0v) is 19.8. The standard InChI is InChI=1S/C22H19BrCl2N4O2/c1-10-6-11(24)7-15(21(30)26-2)18(10)29-22(31)13-9-17(23)28-19-12(13)8-14(19)20-16(25)4-3-5-27-20/h3-7,9,12,14,19H,8H2,1-2H3,(H,26,30)(H,29,31)/t12-,14+,19?/m1/s1. The van der Waals surface area contributed by atoms with Crippen molar-refractivity contribution >= 4 is 61.3 Å². The van der Waals surface area contributed by atoms with E-state index in [2.05, 4.69) is 36.5 Å². The van der Waals surface area contributed by atoms with Crippen LogP contribution in [0.2, 0.25) is 10.0 Å². The van der Waals surface area contributed by atoms with Crippen LogP contribution in [-0.2, 0) is 4.79 Å². The number of pyridine rings is 1. The van der Waals surface area contributed by atoms with Crippen molar-refractivity contribution < 1.29 is 9.59 Å². The molecule has 9 heteroatoms. The second kappa shape index (κ2) is 8.73. The number of nitrogens with zero attached hydrogens (tertiary/aromatic N) is 2. The first-order chi connectivity index (χ1) is 14.8. The van der Waals surface area contributed by atoms with Crippen molar-refractivity contribution in [1.29, 1.82) is 0 Å². The molecule has 0 bridgehead atoms. The molecule has 0 saturated heterocycles. The fraction of sp³-hybridized carbons (Fsp3) is 0.273. The van der Waals surface area contributed by atoms with Gasteiger partial charge in [-0.05, 0) is 65.2 Å². The summed E-state index contributed by atoms with van der Waals surface area (Å²) in [5.41, 5.74) is 2.85. The molecule has 0 radical (unpaired) electrons. The summed E-state index contributed by atoms with van der Waals surface area (Å²) in [4.78, 5) is 34.7. The SMILES string of the molecule is CNC(=O)c1cc(Cl)cc(C)c1NC(=O)C1=CC(Br)=NC2[C@@H]1C[C@@H]2c1ncccc1Cl. The lowest BCUT2D eigenvalue weighted by atomic mass is 9.64. The maximum atomic E-state index is 13.3. The first-order valence-corrected chi connectivity index (χ1v) is 11.2.